The Hall–Kier alpha value is -2.34. The quantitative estimate of drug-likeness (QED) is 0.820. The molecule has 0 fully saturated rings. The monoisotopic (exact) mass is 388 g/mol. The van der Waals surface area contributed by atoms with Crippen LogP contribution in [0, 0.1) is 5.41 Å². The third-order valence-corrected chi connectivity index (χ3v) is 4.15. The first-order valence-corrected chi connectivity index (χ1v) is 7.57. The number of halogens is 1. The number of hydrogen-bond acceptors (Lipinski definition) is 4. The molecule has 2 aromatic rings. The Balaban J connectivity index is 0.00000169. The van der Waals surface area contributed by atoms with E-state index < -0.39 is 0 Å². The molecule has 0 aliphatic carbocycles. The second-order valence-corrected chi connectivity index (χ2v) is 5.64. The molecule has 5 nitrogen and oxygen atoms in total. The van der Waals surface area contributed by atoms with Gasteiger partial charge in [-0.1, -0.05) is 24.3 Å². The van der Waals surface area contributed by atoms with Crippen LogP contribution in [0.3, 0.4) is 0 Å². The van der Waals surface area contributed by atoms with E-state index in [1.165, 1.54) is 0 Å². The molecule has 4 rings (SSSR count). The lowest BCUT2D eigenvalue weighted by Gasteiger charge is -2.20. The van der Waals surface area contributed by atoms with Crippen molar-refractivity contribution in [1.29, 1.82) is 5.41 Å². The highest BCUT2D eigenvalue weighted by molar-refractivity contribution is 8.93. The molecule has 24 heavy (non-hydrogen) atoms. The van der Waals surface area contributed by atoms with Gasteiger partial charge in [0.05, 0.1) is 6.54 Å². The fourth-order valence-electron chi connectivity index (χ4n) is 2.96. The number of carbonyl (C=O) groups excluding carboxylic acids is 1. The highest BCUT2D eigenvalue weighted by Gasteiger charge is 2.26. The van der Waals surface area contributed by atoms with Crippen LogP contribution in [0.2, 0.25) is 0 Å². The lowest BCUT2D eigenvalue weighted by atomic mass is 10.1. The molecule has 2 aromatic carbocycles. The number of hydrogen-bond donors (Lipinski definition) is 1. The Morgan fingerprint density at radius 1 is 1.08 bits per heavy atom. The summed E-state index contributed by atoms with van der Waals surface area (Å²) in [7, 11) is 0. The number of benzene rings is 2. The molecule has 0 saturated heterocycles. The lowest BCUT2D eigenvalue weighted by molar-refractivity contribution is 0.0961. The molecule has 2 aliphatic heterocycles. The van der Waals surface area contributed by atoms with E-state index in [1.807, 2.05) is 24.3 Å². The predicted octanol–water partition coefficient (Wildman–Crippen LogP) is 3.06. The third-order valence-electron chi connectivity index (χ3n) is 4.15. The van der Waals surface area contributed by atoms with Crippen LogP contribution in [0.15, 0.2) is 42.5 Å². The van der Waals surface area contributed by atoms with Gasteiger partial charge < -0.3 is 14.4 Å². The summed E-state index contributed by atoms with van der Waals surface area (Å²) in [5.41, 5.74) is 2.58. The summed E-state index contributed by atoms with van der Waals surface area (Å²) >= 11 is 0. The van der Waals surface area contributed by atoms with Crippen LogP contribution >= 0.6 is 17.0 Å². The number of amidine groups is 1. The Morgan fingerprint density at radius 3 is 2.62 bits per heavy atom. The molecule has 0 bridgehead atoms. The Labute approximate surface area is 150 Å². The van der Waals surface area contributed by atoms with Crippen LogP contribution in [0.25, 0.3) is 0 Å². The van der Waals surface area contributed by atoms with Crippen molar-refractivity contribution in [3.63, 3.8) is 0 Å². The van der Waals surface area contributed by atoms with Gasteiger partial charge in [-0.25, -0.2) is 0 Å². The molecule has 2 heterocycles. The zero-order valence-electron chi connectivity index (χ0n) is 13.0. The summed E-state index contributed by atoms with van der Waals surface area (Å²) in [6.07, 6.45) is 0. The maximum Gasteiger partial charge on any atom is 0.182 e. The maximum atomic E-state index is 12.5. The van der Waals surface area contributed by atoms with Gasteiger partial charge >= 0.3 is 0 Å². The summed E-state index contributed by atoms with van der Waals surface area (Å²) in [6, 6.07) is 13.0. The average Bonchev–Trinajstić information content (AvgIpc) is 2.91. The number of nitrogens with one attached hydrogen (secondary N) is 1. The van der Waals surface area contributed by atoms with Crippen LogP contribution in [0.4, 0.5) is 0 Å². The van der Waals surface area contributed by atoms with Crippen molar-refractivity contribution < 1.29 is 14.3 Å². The Morgan fingerprint density at radius 2 is 1.83 bits per heavy atom. The standard InChI is InChI=1S/C18H16N2O3.BrH/c19-18-14-4-2-1-3-13(14)10-20(18)11-15(21)12-5-6-16-17(9-12)23-8-7-22-16;/h1-6,9,19H,7-8,10-11H2;1H. The van der Waals surface area contributed by atoms with E-state index in [9.17, 15) is 4.79 Å². The van der Waals surface area contributed by atoms with Crippen molar-refractivity contribution in [2.45, 2.75) is 6.54 Å². The molecule has 0 spiro atoms. The molecule has 1 N–H and O–H groups in total. The number of ketones is 1. The van der Waals surface area contributed by atoms with Gasteiger partial charge in [-0.05, 0) is 23.8 Å². The minimum absolute atomic E-state index is 0. The first-order chi connectivity index (χ1) is 11.2. The highest BCUT2D eigenvalue weighted by Crippen LogP contribution is 2.31. The van der Waals surface area contributed by atoms with Crippen molar-refractivity contribution in [3.8, 4) is 11.5 Å². The van der Waals surface area contributed by atoms with E-state index >= 15 is 0 Å². The fourth-order valence-corrected chi connectivity index (χ4v) is 2.96. The number of fused-ring (bicyclic) bond motifs is 2. The van der Waals surface area contributed by atoms with Gasteiger partial charge in [-0.3, -0.25) is 10.2 Å². The van der Waals surface area contributed by atoms with Gasteiger partial charge in [0.15, 0.2) is 17.3 Å². The lowest BCUT2D eigenvalue weighted by Crippen LogP contribution is -2.30. The molecule has 0 atom stereocenters. The van der Waals surface area contributed by atoms with Crippen molar-refractivity contribution in [3.05, 3.63) is 59.2 Å². The summed E-state index contributed by atoms with van der Waals surface area (Å²) in [5, 5.41) is 8.22. The van der Waals surface area contributed by atoms with E-state index in [2.05, 4.69) is 0 Å². The smallest absolute Gasteiger partial charge is 0.182 e. The van der Waals surface area contributed by atoms with E-state index in [4.69, 9.17) is 14.9 Å². The summed E-state index contributed by atoms with van der Waals surface area (Å²) in [6.45, 7) is 1.82. The van der Waals surface area contributed by atoms with Crippen LogP contribution in [-0.2, 0) is 6.54 Å². The first-order valence-electron chi connectivity index (χ1n) is 7.57. The van der Waals surface area contributed by atoms with Gasteiger partial charge in [0.25, 0.3) is 0 Å². The van der Waals surface area contributed by atoms with E-state index in [0.29, 0.717) is 42.7 Å². The largest absolute Gasteiger partial charge is 0.486 e. The normalized spacial score (nSPS) is 14.8. The number of nitrogens with zero attached hydrogens (tertiary/aromatic N) is 1. The highest BCUT2D eigenvalue weighted by atomic mass is 79.9. The molecular weight excluding hydrogens is 372 g/mol. The van der Waals surface area contributed by atoms with Crippen molar-refractivity contribution in [2.75, 3.05) is 19.8 Å². The topological polar surface area (TPSA) is 62.6 Å². The number of carbonyl (C=O) groups is 1. The van der Waals surface area contributed by atoms with E-state index in [0.717, 1.165) is 11.1 Å². The molecule has 0 unspecified atom stereocenters. The molecule has 0 saturated carbocycles. The van der Waals surface area contributed by atoms with Crippen LogP contribution in [0.5, 0.6) is 11.5 Å². The fraction of sp³-hybridized carbons (Fsp3) is 0.222. The van der Waals surface area contributed by atoms with E-state index in [-0.39, 0.29) is 29.3 Å². The third kappa shape index (κ3) is 2.89. The van der Waals surface area contributed by atoms with Gasteiger partial charge in [0.2, 0.25) is 0 Å². The molecule has 0 aromatic heterocycles. The first kappa shape index (κ1) is 16.5. The van der Waals surface area contributed by atoms with Crippen molar-refractivity contribution in [1.82, 2.24) is 4.90 Å². The number of rotatable bonds is 3. The van der Waals surface area contributed by atoms with E-state index in [1.54, 1.807) is 23.1 Å². The van der Waals surface area contributed by atoms with Crippen LogP contribution in [0.1, 0.15) is 21.5 Å². The summed E-state index contributed by atoms with van der Waals surface area (Å²) in [4.78, 5) is 14.3. The molecule has 2 aliphatic rings. The zero-order valence-corrected chi connectivity index (χ0v) is 14.7. The number of Topliss-reactive ketones (excluding diaryl/α,β-unsaturated/α-hetero) is 1. The van der Waals surface area contributed by atoms with Crippen molar-refractivity contribution in [2.24, 2.45) is 0 Å². The second kappa shape index (κ2) is 6.65. The summed E-state index contributed by atoms with van der Waals surface area (Å²) in [5.74, 6) is 1.67. The van der Waals surface area contributed by atoms with Crippen LogP contribution in [-0.4, -0.2) is 36.3 Å². The Bertz CT molecular complexity index is 807. The summed E-state index contributed by atoms with van der Waals surface area (Å²) < 4.78 is 11.0. The number of ether oxygens (including phenoxy) is 2. The van der Waals surface area contributed by atoms with Crippen molar-refractivity contribution >= 4 is 28.6 Å². The van der Waals surface area contributed by atoms with Gasteiger partial charge in [0.1, 0.15) is 19.0 Å². The minimum atomic E-state index is -0.0282. The van der Waals surface area contributed by atoms with Crippen LogP contribution < -0.4 is 9.47 Å². The Kier molecular flexibility index (Phi) is 4.57. The molecular formula is C18H17BrN2O3. The maximum absolute atomic E-state index is 12.5. The molecule has 0 amide bonds. The second-order valence-electron chi connectivity index (χ2n) is 5.64. The van der Waals surface area contributed by atoms with Gasteiger partial charge in [-0.2, -0.15) is 0 Å². The van der Waals surface area contributed by atoms with Gasteiger partial charge in [0, 0.05) is 17.7 Å². The average molecular weight is 389 g/mol. The molecule has 0 radical (unpaired) electrons. The minimum Gasteiger partial charge on any atom is -0.486 e. The zero-order chi connectivity index (χ0) is 15.8. The molecule has 6 heteroatoms. The SMILES string of the molecule is Br.N=C1c2ccccc2CN1CC(=O)c1ccc2c(c1)OCCO2. The predicted molar refractivity (Wildman–Crippen MR) is 95.8 cm³/mol. The van der Waals surface area contributed by atoms with Gasteiger partial charge in [-0.15, -0.1) is 17.0 Å². The molecule has 124 valence electrons.